The molecule has 1 aliphatic rings. The first-order valence-electron chi connectivity index (χ1n) is 6.97. The quantitative estimate of drug-likeness (QED) is 0.916. The maximum atomic E-state index is 12.7. The Bertz CT molecular complexity index is 814. The molecule has 1 aliphatic heterocycles. The number of carboxylic acid groups (broad SMARTS) is 1. The van der Waals surface area contributed by atoms with Crippen LogP contribution in [-0.2, 0) is 20.6 Å². The molecule has 22 heavy (non-hydrogen) atoms. The van der Waals surface area contributed by atoms with Crippen molar-refractivity contribution in [1.82, 2.24) is 9.46 Å². The van der Waals surface area contributed by atoms with E-state index < -0.39 is 22.0 Å². The summed E-state index contributed by atoms with van der Waals surface area (Å²) in [5, 5.41) is 13.7. The number of hydrogen-bond acceptors (Lipinski definition) is 5. The zero-order chi connectivity index (χ0) is 15.9. The van der Waals surface area contributed by atoms with Crippen LogP contribution in [0.5, 0.6) is 0 Å². The van der Waals surface area contributed by atoms with Crippen molar-refractivity contribution in [2.45, 2.75) is 37.6 Å². The van der Waals surface area contributed by atoms with Crippen LogP contribution < -0.4 is 0 Å². The zero-order valence-corrected chi connectivity index (χ0v) is 12.8. The monoisotopic (exact) mass is 324 g/mol. The fourth-order valence-electron chi connectivity index (χ4n) is 2.95. The Morgan fingerprint density at radius 1 is 1.41 bits per heavy atom. The smallest absolute Gasteiger partial charge is 0.322 e. The molecule has 0 amide bonds. The molecule has 1 saturated heterocycles. The molecule has 1 fully saturated rings. The minimum atomic E-state index is -3.79. The van der Waals surface area contributed by atoms with Crippen LogP contribution in [0.2, 0.25) is 0 Å². The van der Waals surface area contributed by atoms with E-state index in [0.29, 0.717) is 29.5 Å². The Balaban J connectivity index is 1.94. The number of sulfonamides is 1. The van der Waals surface area contributed by atoms with Crippen molar-refractivity contribution in [2.24, 2.45) is 0 Å². The number of nitrogens with zero attached hydrogens (tertiary/aromatic N) is 2. The van der Waals surface area contributed by atoms with Gasteiger partial charge in [0.15, 0.2) is 5.58 Å². The fourth-order valence-corrected chi connectivity index (χ4v) is 4.89. The highest BCUT2D eigenvalue weighted by Gasteiger charge is 2.43. The summed E-state index contributed by atoms with van der Waals surface area (Å²) < 4.78 is 31.5. The minimum absolute atomic E-state index is 0.304. The first-order chi connectivity index (χ1) is 10.4. The summed E-state index contributed by atoms with van der Waals surface area (Å²) in [5.41, 5.74) is 0.816. The average Bonchev–Trinajstić information content (AvgIpc) is 3.03. The van der Waals surface area contributed by atoms with Crippen LogP contribution in [0.1, 0.15) is 25.5 Å². The number of fused-ring (bicyclic) bond motifs is 1. The van der Waals surface area contributed by atoms with E-state index in [0.717, 1.165) is 4.31 Å². The molecule has 7 nitrogen and oxygen atoms in total. The van der Waals surface area contributed by atoms with Crippen molar-refractivity contribution < 1.29 is 22.8 Å². The van der Waals surface area contributed by atoms with E-state index in [1.165, 1.54) is 0 Å². The lowest BCUT2D eigenvalue weighted by Crippen LogP contribution is -2.44. The summed E-state index contributed by atoms with van der Waals surface area (Å²) >= 11 is 0. The molecule has 2 heterocycles. The van der Waals surface area contributed by atoms with E-state index in [9.17, 15) is 18.3 Å². The molecule has 1 aromatic carbocycles. The molecule has 1 N–H and O–H groups in total. The van der Waals surface area contributed by atoms with E-state index in [2.05, 4.69) is 5.16 Å². The first-order valence-corrected chi connectivity index (χ1v) is 8.58. The molecule has 118 valence electrons. The Hall–Kier alpha value is -1.93. The van der Waals surface area contributed by atoms with Crippen molar-refractivity contribution in [3.63, 3.8) is 0 Å². The first kappa shape index (κ1) is 15.0. The van der Waals surface area contributed by atoms with Gasteiger partial charge in [-0.1, -0.05) is 17.3 Å². The maximum absolute atomic E-state index is 12.7. The van der Waals surface area contributed by atoms with Crippen molar-refractivity contribution >= 4 is 27.0 Å². The third-order valence-corrected chi connectivity index (χ3v) is 5.87. The average molecular weight is 324 g/mol. The molecule has 0 bridgehead atoms. The Morgan fingerprint density at radius 3 is 2.86 bits per heavy atom. The molecule has 1 aromatic heterocycles. The second-order valence-electron chi connectivity index (χ2n) is 5.49. The number of hydrogen-bond donors (Lipinski definition) is 1. The van der Waals surface area contributed by atoms with E-state index >= 15 is 0 Å². The minimum Gasteiger partial charge on any atom is -0.480 e. The summed E-state index contributed by atoms with van der Waals surface area (Å²) in [4.78, 5) is 11.3. The molecular formula is C14H16N2O5S. The highest BCUT2D eigenvalue weighted by molar-refractivity contribution is 7.88. The summed E-state index contributed by atoms with van der Waals surface area (Å²) in [5.74, 6) is -1.48. The van der Waals surface area contributed by atoms with Gasteiger partial charge in [-0.25, -0.2) is 8.42 Å². The van der Waals surface area contributed by atoms with Crippen LogP contribution in [0.15, 0.2) is 28.8 Å². The van der Waals surface area contributed by atoms with Gasteiger partial charge >= 0.3 is 5.97 Å². The van der Waals surface area contributed by atoms with Crippen LogP contribution in [0.25, 0.3) is 11.0 Å². The number of rotatable bonds is 4. The Morgan fingerprint density at radius 2 is 2.14 bits per heavy atom. The lowest BCUT2D eigenvalue weighted by atomic mass is 10.2. The van der Waals surface area contributed by atoms with Crippen molar-refractivity contribution in [3.05, 3.63) is 30.0 Å². The lowest BCUT2D eigenvalue weighted by Gasteiger charge is -2.24. The standard InChI is InChI=1S/C14H16N2O5S/c1-9-6-7-12(14(17)18)16(9)22(19,20)8-11-10-4-2-3-5-13(10)21-15-11/h2-5,9,12H,6-8H2,1H3,(H,17,18)/t9-,12-/m1/s1. The molecule has 0 saturated carbocycles. The predicted molar refractivity (Wildman–Crippen MR) is 78.6 cm³/mol. The van der Waals surface area contributed by atoms with E-state index in [4.69, 9.17) is 4.52 Å². The van der Waals surface area contributed by atoms with Gasteiger partial charge in [0.05, 0.1) is 0 Å². The molecule has 2 aromatic rings. The molecule has 8 heteroatoms. The largest absolute Gasteiger partial charge is 0.480 e. The molecule has 2 atom stereocenters. The number of carboxylic acids is 1. The van der Waals surface area contributed by atoms with Crippen molar-refractivity contribution in [2.75, 3.05) is 0 Å². The summed E-state index contributed by atoms with van der Waals surface area (Å²) in [7, 11) is -3.79. The van der Waals surface area contributed by atoms with Gasteiger partial charge in [-0.2, -0.15) is 4.31 Å². The van der Waals surface area contributed by atoms with Crippen molar-refractivity contribution in [3.8, 4) is 0 Å². The number of aliphatic carboxylic acids is 1. The summed E-state index contributed by atoms with van der Waals surface area (Å²) in [6.07, 6.45) is 0.866. The highest BCUT2D eigenvalue weighted by atomic mass is 32.2. The van der Waals surface area contributed by atoms with E-state index in [-0.39, 0.29) is 11.8 Å². The zero-order valence-electron chi connectivity index (χ0n) is 12.0. The van der Waals surface area contributed by atoms with Gasteiger partial charge in [0, 0.05) is 11.4 Å². The molecule has 0 aliphatic carbocycles. The van der Waals surface area contributed by atoms with Crippen LogP contribution in [-0.4, -0.2) is 41.0 Å². The molecule has 3 rings (SSSR count). The molecular weight excluding hydrogens is 308 g/mol. The Kier molecular flexibility index (Phi) is 3.65. The van der Waals surface area contributed by atoms with E-state index in [1.54, 1.807) is 31.2 Å². The highest BCUT2D eigenvalue weighted by Crippen LogP contribution is 2.30. The Labute approximate surface area is 127 Å². The van der Waals surface area contributed by atoms with Crippen LogP contribution in [0, 0.1) is 0 Å². The lowest BCUT2D eigenvalue weighted by molar-refractivity contribution is -0.140. The van der Waals surface area contributed by atoms with Gasteiger partial charge in [0.2, 0.25) is 10.0 Å². The third kappa shape index (κ3) is 2.48. The van der Waals surface area contributed by atoms with Crippen LogP contribution in [0.3, 0.4) is 0 Å². The van der Waals surface area contributed by atoms with Gasteiger partial charge in [-0.15, -0.1) is 0 Å². The van der Waals surface area contributed by atoms with Gasteiger partial charge in [-0.3, -0.25) is 4.79 Å². The second kappa shape index (κ2) is 5.36. The van der Waals surface area contributed by atoms with Gasteiger partial charge in [0.25, 0.3) is 0 Å². The molecule has 0 unspecified atom stereocenters. The topological polar surface area (TPSA) is 101 Å². The summed E-state index contributed by atoms with van der Waals surface area (Å²) in [6.45, 7) is 1.72. The SMILES string of the molecule is C[C@@H]1CC[C@H](C(=O)O)N1S(=O)(=O)Cc1noc2ccccc12. The predicted octanol–water partition coefficient (Wildman–Crippen LogP) is 1.60. The van der Waals surface area contributed by atoms with Crippen LogP contribution in [0.4, 0.5) is 0 Å². The van der Waals surface area contributed by atoms with E-state index in [1.807, 2.05) is 0 Å². The third-order valence-electron chi connectivity index (χ3n) is 3.98. The van der Waals surface area contributed by atoms with Crippen LogP contribution >= 0.6 is 0 Å². The maximum Gasteiger partial charge on any atom is 0.322 e. The van der Waals surface area contributed by atoms with Crippen molar-refractivity contribution in [1.29, 1.82) is 0 Å². The van der Waals surface area contributed by atoms with Gasteiger partial charge in [-0.05, 0) is 31.9 Å². The number of aromatic nitrogens is 1. The van der Waals surface area contributed by atoms with Gasteiger partial charge < -0.3 is 9.63 Å². The molecule has 0 spiro atoms. The summed E-state index contributed by atoms with van der Waals surface area (Å²) in [6, 6.07) is 5.65. The number of carbonyl (C=O) groups is 1. The normalized spacial score (nSPS) is 23.1. The number of para-hydroxylation sites is 1. The second-order valence-corrected chi connectivity index (χ2v) is 7.37. The molecule has 0 radical (unpaired) electrons. The fraction of sp³-hybridized carbons (Fsp3) is 0.429. The van der Waals surface area contributed by atoms with Gasteiger partial charge in [0.1, 0.15) is 17.5 Å². The number of benzene rings is 1.